The number of carbonyl (C=O) groups excluding carboxylic acids is 1. The Bertz CT molecular complexity index is 1600. The molecule has 5 aromatic rings. The molecule has 0 radical (unpaired) electrons. The molecule has 33 heavy (non-hydrogen) atoms. The Hall–Kier alpha value is -4.46. The van der Waals surface area contributed by atoms with Crippen LogP contribution in [0.25, 0.3) is 21.9 Å². The molecule has 0 saturated heterocycles. The largest absolute Gasteiger partial charge is 0.345 e. The standard InChI is InChI=1S/C25H21N5O3/c1-2-30-24(32)18-10-8-17(13-20(18)28-25(30)33)23(31)29-22(15-6-4-3-5-7-15)16-9-11-19-21(12-16)27-14-26-19/h3-14,22H,2H2,1H3,(H,26,27)(H,28,33)(H,29,31). The van der Waals surface area contributed by atoms with Crippen LogP contribution in [0.5, 0.6) is 0 Å². The molecular weight excluding hydrogens is 418 g/mol. The van der Waals surface area contributed by atoms with Gasteiger partial charge in [0.2, 0.25) is 0 Å². The van der Waals surface area contributed by atoms with Crippen molar-refractivity contribution < 1.29 is 4.79 Å². The molecule has 0 saturated carbocycles. The molecule has 5 rings (SSSR count). The van der Waals surface area contributed by atoms with E-state index in [1.165, 1.54) is 6.07 Å². The first kappa shape index (κ1) is 20.4. The molecule has 8 nitrogen and oxygen atoms in total. The summed E-state index contributed by atoms with van der Waals surface area (Å²) in [6.45, 7) is 2.00. The quantitative estimate of drug-likeness (QED) is 0.391. The number of hydrogen-bond acceptors (Lipinski definition) is 4. The minimum absolute atomic E-state index is 0.270. The van der Waals surface area contributed by atoms with Crippen LogP contribution in [0, 0.1) is 0 Å². The Morgan fingerprint density at radius 3 is 2.61 bits per heavy atom. The third kappa shape index (κ3) is 3.71. The number of fused-ring (bicyclic) bond motifs is 2. The number of imidazole rings is 1. The maximum absolute atomic E-state index is 13.2. The van der Waals surface area contributed by atoms with Crippen molar-refractivity contribution in [3.05, 3.63) is 111 Å². The Labute approximate surface area is 187 Å². The van der Waals surface area contributed by atoms with Crippen LogP contribution >= 0.6 is 0 Å². The summed E-state index contributed by atoms with van der Waals surface area (Å²) in [4.78, 5) is 48.0. The van der Waals surface area contributed by atoms with Crippen LogP contribution in [0.2, 0.25) is 0 Å². The molecule has 3 aromatic carbocycles. The molecular formula is C25H21N5O3. The van der Waals surface area contributed by atoms with Crippen LogP contribution in [0.4, 0.5) is 0 Å². The van der Waals surface area contributed by atoms with E-state index in [-0.39, 0.29) is 18.0 Å². The minimum Gasteiger partial charge on any atom is -0.345 e. The highest BCUT2D eigenvalue weighted by molar-refractivity contribution is 5.98. The van der Waals surface area contributed by atoms with Crippen molar-refractivity contribution in [1.29, 1.82) is 0 Å². The number of carbonyl (C=O) groups is 1. The topological polar surface area (TPSA) is 113 Å². The van der Waals surface area contributed by atoms with E-state index in [2.05, 4.69) is 20.3 Å². The smallest absolute Gasteiger partial charge is 0.328 e. The van der Waals surface area contributed by atoms with Gasteiger partial charge in [0.25, 0.3) is 11.5 Å². The summed E-state index contributed by atoms with van der Waals surface area (Å²) >= 11 is 0. The number of amides is 1. The first-order valence-corrected chi connectivity index (χ1v) is 10.6. The molecule has 0 aliphatic rings. The van der Waals surface area contributed by atoms with Gasteiger partial charge in [-0.3, -0.25) is 14.2 Å². The maximum atomic E-state index is 13.2. The highest BCUT2D eigenvalue weighted by atomic mass is 16.2. The number of benzene rings is 3. The maximum Gasteiger partial charge on any atom is 0.328 e. The average molecular weight is 439 g/mol. The fraction of sp³-hybridized carbons (Fsp3) is 0.120. The summed E-state index contributed by atoms with van der Waals surface area (Å²) < 4.78 is 1.12. The summed E-state index contributed by atoms with van der Waals surface area (Å²) in [7, 11) is 0. The number of nitrogens with one attached hydrogen (secondary N) is 3. The van der Waals surface area contributed by atoms with Gasteiger partial charge in [-0.15, -0.1) is 0 Å². The number of nitrogens with zero attached hydrogens (tertiary/aromatic N) is 2. The van der Waals surface area contributed by atoms with Crippen molar-refractivity contribution in [2.24, 2.45) is 0 Å². The summed E-state index contributed by atoms with van der Waals surface area (Å²) in [6.07, 6.45) is 1.63. The fourth-order valence-electron chi connectivity index (χ4n) is 4.03. The van der Waals surface area contributed by atoms with Gasteiger partial charge in [0, 0.05) is 12.1 Å². The Kier molecular flexibility index (Phi) is 5.10. The van der Waals surface area contributed by atoms with E-state index in [1.807, 2.05) is 48.5 Å². The molecule has 0 aliphatic heterocycles. The molecule has 0 bridgehead atoms. The van der Waals surface area contributed by atoms with Gasteiger partial charge >= 0.3 is 5.69 Å². The lowest BCUT2D eigenvalue weighted by Gasteiger charge is -2.20. The van der Waals surface area contributed by atoms with E-state index >= 15 is 0 Å². The first-order valence-electron chi connectivity index (χ1n) is 10.6. The molecule has 0 spiro atoms. The van der Waals surface area contributed by atoms with Gasteiger partial charge in [0.15, 0.2) is 0 Å². The van der Waals surface area contributed by atoms with Crippen LogP contribution in [-0.2, 0) is 6.54 Å². The van der Waals surface area contributed by atoms with Crippen molar-refractivity contribution in [3.63, 3.8) is 0 Å². The number of aromatic nitrogens is 4. The Balaban J connectivity index is 1.54. The van der Waals surface area contributed by atoms with Crippen LogP contribution in [0.15, 0.2) is 82.6 Å². The molecule has 0 aliphatic carbocycles. The zero-order valence-corrected chi connectivity index (χ0v) is 17.8. The molecule has 1 unspecified atom stereocenters. The highest BCUT2D eigenvalue weighted by Crippen LogP contribution is 2.25. The molecule has 1 amide bonds. The Morgan fingerprint density at radius 1 is 1.00 bits per heavy atom. The molecule has 1 atom stereocenters. The third-order valence-electron chi connectivity index (χ3n) is 5.75. The number of H-pyrrole nitrogens is 2. The highest BCUT2D eigenvalue weighted by Gasteiger charge is 2.19. The molecule has 2 heterocycles. The van der Waals surface area contributed by atoms with Crippen molar-refractivity contribution in [1.82, 2.24) is 24.8 Å². The predicted octanol–water partition coefficient (Wildman–Crippen LogP) is 3.11. The van der Waals surface area contributed by atoms with Gasteiger partial charge < -0.3 is 15.3 Å². The molecule has 2 aromatic heterocycles. The van der Waals surface area contributed by atoms with E-state index in [0.29, 0.717) is 16.5 Å². The van der Waals surface area contributed by atoms with E-state index < -0.39 is 11.7 Å². The van der Waals surface area contributed by atoms with Gasteiger partial charge in [0.05, 0.1) is 34.3 Å². The zero-order chi connectivity index (χ0) is 22.9. The van der Waals surface area contributed by atoms with Crippen molar-refractivity contribution in [3.8, 4) is 0 Å². The number of rotatable bonds is 5. The molecule has 3 N–H and O–H groups in total. The van der Waals surface area contributed by atoms with Crippen LogP contribution in [-0.4, -0.2) is 25.4 Å². The van der Waals surface area contributed by atoms with Gasteiger partial charge in [-0.05, 0) is 48.4 Å². The second-order valence-electron chi connectivity index (χ2n) is 7.74. The Morgan fingerprint density at radius 2 is 1.82 bits per heavy atom. The second-order valence-corrected chi connectivity index (χ2v) is 7.74. The van der Waals surface area contributed by atoms with Gasteiger partial charge in [-0.2, -0.15) is 0 Å². The van der Waals surface area contributed by atoms with Crippen LogP contribution in [0.3, 0.4) is 0 Å². The summed E-state index contributed by atoms with van der Waals surface area (Å²) in [5.74, 6) is -0.323. The number of hydrogen-bond donors (Lipinski definition) is 3. The first-order chi connectivity index (χ1) is 16.0. The normalized spacial score (nSPS) is 12.2. The minimum atomic E-state index is -0.498. The van der Waals surface area contributed by atoms with Crippen molar-refractivity contribution in [2.45, 2.75) is 19.5 Å². The third-order valence-corrected chi connectivity index (χ3v) is 5.75. The monoisotopic (exact) mass is 439 g/mol. The average Bonchev–Trinajstić information content (AvgIpc) is 3.31. The van der Waals surface area contributed by atoms with Gasteiger partial charge in [-0.25, -0.2) is 9.78 Å². The zero-order valence-electron chi connectivity index (χ0n) is 17.8. The van der Waals surface area contributed by atoms with E-state index in [4.69, 9.17) is 0 Å². The van der Waals surface area contributed by atoms with E-state index in [9.17, 15) is 14.4 Å². The van der Waals surface area contributed by atoms with E-state index in [1.54, 1.807) is 25.4 Å². The molecule has 8 heteroatoms. The predicted molar refractivity (Wildman–Crippen MR) is 126 cm³/mol. The second kappa shape index (κ2) is 8.23. The van der Waals surface area contributed by atoms with Crippen LogP contribution < -0.4 is 16.6 Å². The van der Waals surface area contributed by atoms with Gasteiger partial charge in [0.1, 0.15) is 0 Å². The lowest BCUT2D eigenvalue weighted by Crippen LogP contribution is -2.34. The van der Waals surface area contributed by atoms with E-state index in [0.717, 1.165) is 26.7 Å². The lowest BCUT2D eigenvalue weighted by atomic mass is 9.97. The summed E-state index contributed by atoms with van der Waals surface area (Å²) in [6, 6.07) is 19.8. The van der Waals surface area contributed by atoms with Crippen molar-refractivity contribution in [2.75, 3.05) is 0 Å². The molecule has 0 fully saturated rings. The fourth-order valence-corrected chi connectivity index (χ4v) is 4.03. The van der Waals surface area contributed by atoms with Crippen molar-refractivity contribution >= 4 is 27.8 Å². The summed E-state index contributed by atoms with van der Waals surface area (Å²) in [5, 5.41) is 3.45. The van der Waals surface area contributed by atoms with Gasteiger partial charge in [-0.1, -0.05) is 36.4 Å². The number of aromatic amines is 2. The lowest BCUT2D eigenvalue weighted by molar-refractivity contribution is 0.0943. The molecule has 164 valence electrons. The SMILES string of the molecule is CCn1c(=O)[nH]c2cc(C(=O)NC(c3ccccc3)c3ccc4nc[nH]c4c3)ccc2c1=O. The summed E-state index contributed by atoms with van der Waals surface area (Å²) in [5.41, 5.74) is 3.33. The van der Waals surface area contributed by atoms with Crippen LogP contribution in [0.1, 0.15) is 34.5 Å².